The van der Waals surface area contributed by atoms with Crippen LogP contribution in [0.5, 0.6) is 11.5 Å². The minimum absolute atomic E-state index is 0.305. The lowest BCUT2D eigenvalue weighted by atomic mass is 10.0. The SMILES string of the molecule is c1ccc2c(c1)oc1c(Nc3ccc(CCc4ccc5c(c4)OCO5)cc3)ncnc12. The number of para-hydroxylation sites is 1. The Morgan fingerprint density at radius 3 is 2.55 bits per heavy atom. The molecule has 0 bridgehead atoms. The molecule has 6 nitrogen and oxygen atoms in total. The van der Waals surface area contributed by atoms with Crippen molar-refractivity contribution in [2.75, 3.05) is 12.1 Å². The second-order valence-corrected chi connectivity index (χ2v) is 7.51. The van der Waals surface area contributed by atoms with Crippen LogP contribution in [0.15, 0.2) is 77.5 Å². The molecule has 0 saturated carbocycles. The number of aromatic nitrogens is 2. The van der Waals surface area contributed by atoms with Crippen molar-refractivity contribution < 1.29 is 13.9 Å². The van der Waals surface area contributed by atoms with Crippen LogP contribution in [0.2, 0.25) is 0 Å². The predicted octanol–water partition coefficient (Wildman–Crippen LogP) is 5.63. The van der Waals surface area contributed by atoms with Crippen LogP contribution in [0, 0.1) is 0 Å². The number of fused-ring (bicyclic) bond motifs is 4. The molecule has 3 heterocycles. The zero-order chi connectivity index (χ0) is 20.6. The van der Waals surface area contributed by atoms with Crippen molar-refractivity contribution in [2.24, 2.45) is 0 Å². The van der Waals surface area contributed by atoms with Crippen molar-refractivity contribution in [2.45, 2.75) is 12.8 Å². The molecule has 0 aliphatic carbocycles. The van der Waals surface area contributed by atoms with Gasteiger partial charge in [-0.1, -0.05) is 30.3 Å². The second-order valence-electron chi connectivity index (χ2n) is 7.51. The highest BCUT2D eigenvalue weighted by Gasteiger charge is 2.14. The fourth-order valence-corrected chi connectivity index (χ4v) is 3.89. The van der Waals surface area contributed by atoms with E-state index in [2.05, 4.69) is 51.7 Å². The van der Waals surface area contributed by atoms with E-state index in [1.165, 1.54) is 11.1 Å². The van der Waals surface area contributed by atoms with Crippen molar-refractivity contribution in [1.82, 2.24) is 9.97 Å². The fraction of sp³-hybridized carbons (Fsp3) is 0.120. The number of furan rings is 1. The van der Waals surface area contributed by atoms with Crippen LogP contribution < -0.4 is 14.8 Å². The van der Waals surface area contributed by atoms with E-state index in [0.29, 0.717) is 18.2 Å². The number of benzene rings is 3. The molecule has 3 aromatic carbocycles. The molecule has 0 atom stereocenters. The van der Waals surface area contributed by atoms with Gasteiger partial charge in [0.25, 0.3) is 0 Å². The summed E-state index contributed by atoms with van der Waals surface area (Å²) < 4.78 is 16.8. The Morgan fingerprint density at radius 2 is 1.61 bits per heavy atom. The molecule has 5 aromatic rings. The molecule has 1 aliphatic heterocycles. The summed E-state index contributed by atoms with van der Waals surface area (Å²) in [5, 5.41) is 4.35. The van der Waals surface area contributed by atoms with Gasteiger partial charge in [-0.25, -0.2) is 9.97 Å². The molecule has 6 heteroatoms. The molecule has 0 saturated heterocycles. The Kier molecular flexibility index (Phi) is 4.20. The van der Waals surface area contributed by atoms with E-state index in [9.17, 15) is 0 Å². The van der Waals surface area contributed by atoms with E-state index in [4.69, 9.17) is 13.9 Å². The maximum Gasteiger partial charge on any atom is 0.231 e. The first-order valence-electron chi connectivity index (χ1n) is 10.2. The Morgan fingerprint density at radius 1 is 0.806 bits per heavy atom. The molecule has 152 valence electrons. The number of aryl methyl sites for hydroxylation is 2. The van der Waals surface area contributed by atoms with Crippen molar-refractivity contribution in [3.05, 3.63) is 84.2 Å². The lowest BCUT2D eigenvalue weighted by molar-refractivity contribution is 0.174. The van der Waals surface area contributed by atoms with Gasteiger partial charge in [0.05, 0.1) is 0 Å². The lowest BCUT2D eigenvalue weighted by Gasteiger charge is -2.08. The van der Waals surface area contributed by atoms with Gasteiger partial charge in [-0.05, 0) is 60.4 Å². The molecule has 0 fully saturated rings. The number of nitrogens with one attached hydrogen (secondary N) is 1. The van der Waals surface area contributed by atoms with Crippen LogP contribution in [-0.2, 0) is 12.8 Å². The smallest absolute Gasteiger partial charge is 0.231 e. The number of ether oxygens (including phenoxy) is 2. The van der Waals surface area contributed by atoms with Gasteiger partial charge in [-0.3, -0.25) is 0 Å². The predicted molar refractivity (Wildman–Crippen MR) is 119 cm³/mol. The zero-order valence-corrected chi connectivity index (χ0v) is 16.7. The third kappa shape index (κ3) is 3.32. The van der Waals surface area contributed by atoms with Gasteiger partial charge < -0.3 is 19.2 Å². The van der Waals surface area contributed by atoms with Gasteiger partial charge >= 0.3 is 0 Å². The van der Waals surface area contributed by atoms with Crippen LogP contribution in [0.3, 0.4) is 0 Å². The fourth-order valence-electron chi connectivity index (χ4n) is 3.89. The quantitative estimate of drug-likeness (QED) is 0.405. The van der Waals surface area contributed by atoms with E-state index in [1.807, 2.05) is 30.3 Å². The van der Waals surface area contributed by atoms with Gasteiger partial charge in [0.1, 0.15) is 17.4 Å². The van der Waals surface area contributed by atoms with Crippen LogP contribution in [0.1, 0.15) is 11.1 Å². The summed E-state index contributed by atoms with van der Waals surface area (Å²) in [6.45, 7) is 0.305. The first kappa shape index (κ1) is 17.8. The second kappa shape index (κ2) is 7.32. The summed E-state index contributed by atoms with van der Waals surface area (Å²) in [6.07, 6.45) is 3.45. The average molecular weight is 409 g/mol. The van der Waals surface area contributed by atoms with Gasteiger partial charge in [-0.15, -0.1) is 0 Å². The summed E-state index contributed by atoms with van der Waals surface area (Å²) in [4.78, 5) is 8.79. The lowest BCUT2D eigenvalue weighted by Crippen LogP contribution is -1.96. The van der Waals surface area contributed by atoms with E-state index >= 15 is 0 Å². The molecule has 1 N–H and O–H groups in total. The largest absolute Gasteiger partial charge is 0.454 e. The minimum atomic E-state index is 0.305. The number of hydrogen-bond donors (Lipinski definition) is 1. The Balaban J connectivity index is 1.18. The number of anilines is 2. The van der Waals surface area contributed by atoms with Gasteiger partial charge in [-0.2, -0.15) is 0 Å². The summed E-state index contributed by atoms with van der Waals surface area (Å²) in [6, 6.07) is 22.4. The van der Waals surface area contributed by atoms with Gasteiger partial charge in [0.15, 0.2) is 22.9 Å². The molecule has 0 unspecified atom stereocenters. The summed E-state index contributed by atoms with van der Waals surface area (Å²) in [5.41, 5.74) is 5.73. The highest BCUT2D eigenvalue weighted by atomic mass is 16.7. The Bertz CT molecular complexity index is 1390. The van der Waals surface area contributed by atoms with E-state index < -0.39 is 0 Å². The van der Waals surface area contributed by atoms with Gasteiger partial charge in [0, 0.05) is 11.1 Å². The number of nitrogens with zero attached hydrogens (tertiary/aromatic N) is 2. The number of rotatable bonds is 5. The molecule has 2 aromatic heterocycles. The highest BCUT2D eigenvalue weighted by molar-refractivity contribution is 6.05. The standard InChI is InChI=1S/C25H19N3O3/c1-2-4-20-19(3-1)23-24(31-20)25(27-14-26-23)28-18-10-7-16(8-11-18)5-6-17-9-12-21-22(13-17)30-15-29-21/h1-4,7-14H,5-6,15H2,(H,26,27,28). The molecule has 0 radical (unpaired) electrons. The van der Waals surface area contributed by atoms with E-state index in [0.717, 1.165) is 46.5 Å². The van der Waals surface area contributed by atoms with Crippen molar-refractivity contribution in [3.8, 4) is 11.5 Å². The molecular formula is C25H19N3O3. The van der Waals surface area contributed by atoms with E-state index in [1.54, 1.807) is 6.33 Å². The molecule has 1 aliphatic rings. The molecule has 0 spiro atoms. The van der Waals surface area contributed by atoms with Crippen LogP contribution >= 0.6 is 0 Å². The summed E-state index contributed by atoms with van der Waals surface area (Å²) >= 11 is 0. The molecule has 31 heavy (non-hydrogen) atoms. The van der Waals surface area contributed by atoms with Crippen molar-refractivity contribution in [3.63, 3.8) is 0 Å². The molecular weight excluding hydrogens is 390 g/mol. The third-order valence-corrected chi connectivity index (χ3v) is 5.51. The molecule has 6 rings (SSSR count). The summed E-state index contributed by atoms with van der Waals surface area (Å²) in [7, 11) is 0. The van der Waals surface area contributed by atoms with E-state index in [-0.39, 0.29) is 0 Å². The zero-order valence-electron chi connectivity index (χ0n) is 16.7. The normalized spacial score (nSPS) is 12.5. The molecule has 0 amide bonds. The van der Waals surface area contributed by atoms with Crippen LogP contribution in [-0.4, -0.2) is 16.8 Å². The first-order valence-corrected chi connectivity index (χ1v) is 10.2. The first-order chi connectivity index (χ1) is 15.3. The Labute approximate surface area is 178 Å². The van der Waals surface area contributed by atoms with Crippen molar-refractivity contribution >= 4 is 33.6 Å². The summed E-state index contributed by atoms with van der Waals surface area (Å²) in [5.74, 6) is 2.32. The van der Waals surface area contributed by atoms with Crippen molar-refractivity contribution in [1.29, 1.82) is 0 Å². The minimum Gasteiger partial charge on any atom is -0.454 e. The third-order valence-electron chi connectivity index (χ3n) is 5.51. The van der Waals surface area contributed by atoms with Crippen LogP contribution in [0.25, 0.3) is 22.1 Å². The monoisotopic (exact) mass is 409 g/mol. The maximum absolute atomic E-state index is 5.99. The van der Waals surface area contributed by atoms with Gasteiger partial charge in [0.2, 0.25) is 6.79 Å². The maximum atomic E-state index is 5.99. The van der Waals surface area contributed by atoms with Crippen LogP contribution in [0.4, 0.5) is 11.5 Å². The number of hydrogen-bond acceptors (Lipinski definition) is 6. The highest BCUT2D eigenvalue weighted by Crippen LogP contribution is 2.33. The topological polar surface area (TPSA) is 69.4 Å². The average Bonchev–Trinajstić information content (AvgIpc) is 3.43. The Hall–Kier alpha value is -4.06.